The third kappa shape index (κ3) is 3.66. The second-order valence-electron chi connectivity index (χ2n) is 6.30. The minimum absolute atomic E-state index is 0.0794. The number of anilines is 2. The molecular weight excluding hydrogens is 362 g/mol. The maximum atomic E-state index is 12.7. The highest BCUT2D eigenvalue weighted by atomic mass is 16.4. The third-order valence-corrected chi connectivity index (χ3v) is 4.29. The molecule has 28 heavy (non-hydrogen) atoms. The Balaban J connectivity index is 1.78. The zero-order chi connectivity index (χ0) is 20.4. The second-order valence-corrected chi connectivity index (χ2v) is 6.30. The number of nitrogens with zero attached hydrogens (tertiary/aromatic N) is 2. The van der Waals surface area contributed by atoms with Crippen LogP contribution in [0.15, 0.2) is 53.6 Å². The third-order valence-electron chi connectivity index (χ3n) is 4.29. The van der Waals surface area contributed by atoms with Crippen LogP contribution in [-0.2, 0) is 9.59 Å². The van der Waals surface area contributed by atoms with Gasteiger partial charge in [-0.3, -0.25) is 14.4 Å². The van der Waals surface area contributed by atoms with Gasteiger partial charge in [0, 0.05) is 11.3 Å². The van der Waals surface area contributed by atoms with Crippen molar-refractivity contribution in [1.29, 1.82) is 0 Å². The molecule has 1 aliphatic heterocycles. The standard InChI is InChI=1S/C20H17N3O5/c1-11-17(18(25)21-15-5-3-4-14(10-15)12(2)24)19(26)23(22-11)16-8-6-13(7-9-16)20(27)28/h3-10,17H,1-2H3,(H,21,25)(H,27,28). The summed E-state index contributed by atoms with van der Waals surface area (Å²) in [7, 11) is 0. The lowest BCUT2D eigenvalue weighted by atomic mass is 10.0. The van der Waals surface area contributed by atoms with Crippen LogP contribution in [0.4, 0.5) is 11.4 Å². The molecule has 3 rings (SSSR count). The molecule has 0 radical (unpaired) electrons. The first kappa shape index (κ1) is 19.0. The fraction of sp³-hybridized carbons (Fsp3) is 0.150. The quantitative estimate of drug-likeness (QED) is 0.612. The summed E-state index contributed by atoms with van der Waals surface area (Å²) in [6.45, 7) is 2.99. The normalized spacial score (nSPS) is 15.9. The largest absolute Gasteiger partial charge is 0.478 e. The molecule has 2 amide bonds. The van der Waals surface area contributed by atoms with E-state index in [0.717, 1.165) is 5.01 Å². The highest BCUT2D eigenvalue weighted by molar-refractivity contribution is 6.28. The van der Waals surface area contributed by atoms with Gasteiger partial charge in [0.1, 0.15) is 0 Å². The summed E-state index contributed by atoms with van der Waals surface area (Å²) in [4.78, 5) is 47.8. The summed E-state index contributed by atoms with van der Waals surface area (Å²) in [5.41, 5.74) is 1.61. The lowest BCUT2D eigenvalue weighted by Crippen LogP contribution is -2.36. The number of hydrazone groups is 1. The van der Waals surface area contributed by atoms with Crippen LogP contribution >= 0.6 is 0 Å². The number of Topliss-reactive ketones (excluding diaryl/α,β-unsaturated/α-hetero) is 1. The molecule has 2 N–H and O–H groups in total. The van der Waals surface area contributed by atoms with E-state index in [4.69, 9.17) is 5.11 Å². The van der Waals surface area contributed by atoms with E-state index < -0.39 is 23.7 Å². The van der Waals surface area contributed by atoms with Crippen molar-refractivity contribution >= 4 is 40.7 Å². The molecule has 0 fully saturated rings. The van der Waals surface area contributed by atoms with Crippen LogP contribution in [0.3, 0.4) is 0 Å². The average Bonchev–Trinajstić information content (AvgIpc) is 2.96. The minimum Gasteiger partial charge on any atom is -0.478 e. The summed E-state index contributed by atoms with van der Waals surface area (Å²) in [6, 6.07) is 12.1. The van der Waals surface area contributed by atoms with Crippen molar-refractivity contribution in [3.8, 4) is 0 Å². The van der Waals surface area contributed by atoms with Crippen LogP contribution in [0.5, 0.6) is 0 Å². The maximum Gasteiger partial charge on any atom is 0.335 e. The zero-order valence-electron chi connectivity index (χ0n) is 15.2. The Kier molecular flexibility index (Phi) is 5.04. The Labute approximate surface area is 160 Å². The highest BCUT2D eigenvalue weighted by Crippen LogP contribution is 2.25. The van der Waals surface area contributed by atoms with Crippen molar-refractivity contribution in [1.82, 2.24) is 0 Å². The molecular formula is C20H17N3O5. The molecule has 1 unspecified atom stereocenters. The molecule has 8 heteroatoms. The number of benzene rings is 2. The summed E-state index contributed by atoms with van der Waals surface area (Å²) in [6.07, 6.45) is 0. The molecule has 0 spiro atoms. The van der Waals surface area contributed by atoms with E-state index in [9.17, 15) is 19.2 Å². The SMILES string of the molecule is CC(=O)c1cccc(NC(=O)C2C(=O)N(c3ccc(C(=O)O)cc3)N=C2C)c1. The number of carboxylic acid groups (broad SMARTS) is 1. The Morgan fingerprint density at radius 1 is 1.07 bits per heavy atom. The van der Waals surface area contributed by atoms with Crippen molar-refractivity contribution in [2.24, 2.45) is 11.0 Å². The second kappa shape index (κ2) is 7.43. The van der Waals surface area contributed by atoms with Gasteiger partial charge in [-0.05, 0) is 50.2 Å². The summed E-state index contributed by atoms with van der Waals surface area (Å²) in [5, 5.41) is 16.8. The number of amides is 2. The van der Waals surface area contributed by atoms with Gasteiger partial charge < -0.3 is 10.4 Å². The Bertz CT molecular complexity index is 1010. The van der Waals surface area contributed by atoms with Gasteiger partial charge in [0.25, 0.3) is 5.91 Å². The number of hydrogen-bond acceptors (Lipinski definition) is 5. The van der Waals surface area contributed by atoms with Crippen LogP contribution < -0.4 is 10.3 Å². The number of carbonyl (C=O) groups excluding carboxylic acids is 3. The molecule has 0 aliphatic carbocycles. The average molecular weight is 379 g/mol. The highest BCUT2D eigenvalue weighted by Gasteiger charge is 2.39. The number of hydrogen-bond donors (Lipinski definition) is 2. The van der Waals surface area contributed by atoms with Gasteiger partial charge in [0.15, 0.2) is 11.7 Å². The molecule has 1 atom stereocenters. The van der Waals surface area contributed by atoms with E-state index in [1.807, 2.05) is 0 Å². The van der Waals surface area contributed by atoms with Gasteiger partial charge in [0.2, 0.25) is 5.91 Å². The van der Waals surface area contributed by atoms with Crippen LogP contribution in [0.1, 0.15) is 34.6 Å². The molecule has 0 saturated heterocycles. The first-order valence-electron chi connectivity index (χ1n) is 8.42. The van der Waals surface area contributed by atoms with Gasteiger partial charge in [-0.2, -0.15) is 10.1 Å². The van der Waals surface area contributed by atoms with E-state index in [0.29, 0.717) is 22.6 Å². The predicted molar refractivity (Wildman–Crippen MR) is 103 cm³/mol. The fourth-order valence-corrected chi connectivity index (χ4v) is 2.83. The number of carbonyl (C=O) groups is 4. The molecule has 2 aromatic rings. The number of ketones is 1. The smallest absolute Gasteiger partial charge is 0.335 e. The van der Waals surface area contributed by atoms with Gasteiger partial charge in [-0.25, -0.2) is 4.79 Å². The monoisotopic (exact) mass is 379 g/mol. The summed E-state index contributed by atoms with van der Waals surface area (Å²) in [5.74, 6) is -3.43. The van der Waals surface area contributed by atoms with Crippen LogP contribution in [0.2, 0.25) is 0 Å². The van der Waals surface area contributed by atoms with Gasteiger partial charge >= 0.3 is 5.97 Å². The molecule has 1 aliphatic rings. The lowest BCUT2D eigenvalue weighted by Gasteiger charge is -2.15. The Hall–Kier alpha value is -3.81. The Morgan fingerprint density at radius 2 is 1.75 bits per heavy atom. The topological polar surface area (TPSA) is 116 Å². The van der Waals surface area contributed by atoms with Crippen molar-refractivity contribution < 1.29 is 24.3 Å². The summed E-state index contributed by atoms with van der Waals surface area (Å²) < 4.78 is 0. The van der Waals surface area contributed by atoms with E-state index in [2.05, 4.69) is 10.4 Å². The van der Waals surface area contributed by atoms with Gasteiger partial charge in [-0.1, -0.05) is 12.1 Å². The lowest BCUT2D eigenvalue weighted by molar-refractivity contribution is -0.127. The minimum atomic E-state index is -1.11. The van der Waals surface area contributed by atoms with E-state index in [1.165, 1.54) is 37.3 Å². The predicted octanol–water partition coefficient (Wildman–Crippen LogP) is 2.56. The first-order chi connectivity index (χ1) is 13.3. The molecule has 0 saturated carbocycles. The fourth-order valence-electron chi connectivity index (χ4n) is 2.83. The maximum absolute atomic E-state index is 12.7. The van der Waals surface area contributed by atoms with Crippen molar-refractivity contribution in [3.05, 3.63) is 59.7 Å². The van der Waals surface area contributed by atoms with Crippen LogP contribution in [0.25, 0.3) is 0 Å². The first-order valence-corrected chi connectivity index (χ1v) is 8.42. The molecule has 0 bridgehead atoms. The van der Waals surface area contributed by atoms with Crippen LogP contribution in [-0.4, -0.2) is 34.4 Å². The number of carboxylic acids is 1. The summed E-state index contributed by atoms with van der Waals surface area (Å²) >= 11 is 0. The van der Waals surface area contributed by atoms with E-state index >= 15 is 0 Å². The number of nitrogens with one attached hydrogen (secondary N) is 1. The molecule has 8 nitrogen and oxygen atoms in total. The Morgan fingerprint density at radius 3 is 2.36 bits per heavy atom. The van der Waals surface area contributed by atoms with Crippen molar-refractivity contribution in [2.75, 3.05) is 10.3 Å². The number of rotatable bonds is 5. The van der Waals surface area contributed by atoms with Crippen molar-refractivity contribution in [3.63, 3.8) is 0 Å². The molecule has 1 heterocycles. The molecule has 0 aromatic heterocycles. The van der Waals surface area contributed by atoms with E-state index in [1.54, 1.807) is 25.1 Å². The van der Waals surface area contributed by atoms with E-state index in [-0.39, 0.29) is 11.3 Å². The van der Waals surface area contributed by atoms with Crippen molar-refractivity contribution in [2.45, 2.75) is 13.8 Å². The molecule has 2 aromatic carbocycles. The zero-order valence-corrected chi connectivity index (χ0v) is 15.2. The van der Waals surface area contributed by atoms with Gasteiger partial charge in [-0.15, -0.1) is 0 Å². The van der Waals surface area contributed by atoms with Gasteiger partial charge in [0.05, 0.1) is 17.0 Å². The van der Waals surface area contributed by atoms with Crippen LogP contribution in [0, 0.1) is 5.92 Å². The number of aromatic carboxylic acids is 1. The molecule has 142 valence electrons.